The van der Waals surface area contributed by atoms with Gasteiger partial charge in [0, 0.05) is 18.2 Å². The molecule has 0 atom stereocenters. The first-order valence-electron chi connectivity index (χ1n) is 6.62. The highest BCUT2D eigenvalue weighted by Gasteiger charge is 2.13. The lowest BCUT2D eigenvalue weighted by Crippen LogP contribution is -2.06. The highest BCUT2D eigenvalue weighted by Crippen LogP contribution is 2.25. The van der Waals surface area contributed by atoms with Gasteiger partial charge in [-0.25, -0.2) is 9.37 Å². The summed E-state index contributed by atoms with van der Waals surface area (Å²) in [5, 5.41) is 0. The molecule has 0 amide bonds. The quantitative estimate of drug-likeness (QED) is 0.794. The Kier molecular flexibility index (Phi) is 3.24. The largest absolute Gasteiger partial charge is 0.330 e. The van der Waals surface area contributed by atoms with E-state index in [9.17, 15) is 4.39 Å². The van der Waals surface area contributed by atoms with E-state index < -0.39 is 0 Å². The molecule has 0 radical (unpaired) electrons. The number of rotatable bonds is 3. The van der Waals surface area contributed by atoms with Gasteiger partial charge in [0.2, 0.25) is 0 Å². The van der Waals surface area contributed by atoms with E-state index in [1.54, 1.807) is 12.1 Å². The topological polar surface area (TPSA) is 43.3 Å². The zero-order valence-corrected chi connectivity index (χ0v) is 11.3. The zero-order chi connectivity index (χ0) is 14.1. The molecule has 1 aromatic carbocycles. The highest BCUT2D eigenvalue weighted by atomic mass is 19.1. The first-order valence-corrected chi connectivity index (χ1v) is 6.62. The van der Waals surface area contributed by atoms with Crippen molar-refractivity contribution in [2.45, 2.75) is 13.3 Å². The number of nitrogens with two attached hydrogens (primary N) is 1. The van der Waals surface area contributed by atoms with Crippen LogP contribution in [-0.2, 0) is 6.42 Å². The Morgan fingerprint density at radius 1 is 1.20 bits per heavy atom. The molecule has 0 unspecified atom stereocenters. The van der Waals surface area contributed by atoms with Gasteiger partial charge in [-0.05, 0) is 55.4 Å². The van der Waals surface area contributed by atoms with E-state index in [-0.39, 0.29) is 5.82 Å². The van der Waals surface area contributed by atoms with Crippen LogP contribution in [0.2, 0.25) is 0 Å². The van der Waals surface area contributed by atoms with Crippen molar-refractivity contribution >= 4 is 5.65 Å². The molecule has 3 aromatic rings. The Morgan fingerprint density at radius 3 is 2.65 bits per heavy atom. The van der Waals surface area contributed by atoms with E-state index in [2.05, 4.69) is 9.38 Å². The number of fused-ring (bicyclic) bond motifs is 1. The summed E-state index contributed by atoms with van der Waals surface area (Å²) >= 11 is 0. The molecule has 2 heterocycles. The van der Waals surface area contributed by atoms with Crippen LogP contribution in [0.15, 0.2) is 42.6 Å². The third-order valence-electron chi connectivity index (χ3n) is 3.38. The maximum Gasteiger partial charge on any atom is 0.137 e. The maximum absolute atomic E-state index is 13.1. The molecule has 2 aromatic heterocycles. The lowest BCUT2D eigenvalue weighted by molar-refractivity contribution is 0.628. The summed E-state index contributed by atoms with van der Waals surface area (Å²) in [5.41, 5.74) is 10.6. The molecule has 0 saturated heterocycles. The Balaban J connectivity index is 2.22. The average molecular weight is 269 g/mol. The summed E-state index contributed by atoms with van der Waals surface area (Å²) < 4.78 is 15.1. The van der Waals surface area contributed by atoms with Gasteiger partial charge in [0.25, 0.3) is 0 Å². The molecular weight excluding hydrogens is 253 g/mol. The lowest BCUT2D eigenvalue weighted by Gasteiger charge is -2.04. The van der Waals surface area contributed by atoms with Crippen LogP contribution >= 0.6 is 0 Å². The Hall–Kier alpha value is -2.20. The van der Waals surface area contributed by atoms with Gasteiger partial charge in [-0.1, -0.05) is 0 Å². The van der Waals surface area contributed by atoms with Crippen molar-refractivity contribution in [3.63, 3.8) is 0 Å². The summed E-state index contributed by atoms with van der Waals surface area (Å²) in [6.45, 7) is 2.59. The maximum atomic E-state index is 13.1. The molecule has 102 valence electrons. The summed E-state index contributed by atoms with van der Waals surface area (Å²) in [6.07, 6.45) is 2.74. The number of aryl methyl sites for hydroxylation is 1. The third kappa shape index (κ3) is 2.18. The van der Waals surface area contributed by atoms with Gasteiger partial charge in [0.05, 0.1) is 11.4 Å². The number of imidazole rings is 1. The number of hydrogen-bond donors (Lipinski definition) is 1. The van der Waals surface area contributed by atoms with Gasteiger partial charge in [-0.2, -0.15) is 0 Å². The van der Waals surface area contributed by atoms with Gasteiger partial charge in [0.15, 0.2) is 0 Å². The predicted octanol–water partition coefficient (Wildman–Crippen LogP) is 2.95. The molecule has 4 heteroatoms. The molecule has 3 nitrogen and oxygen atoms in total. The van der Waals surface area contributed by atoms with Crippen molar-refractivity contribution < 1.29 is 4.39 Å². The van der Waals surface area contributed by atoms with Crippen LogP contribution < -0.4 is 5.73 Å². The second-order valence-corrected chi connectivity index (χ2v) is 4.88. The van der Waals surface area contributed by atoms with Gasteiger partial charge in [-0.3, -0.25) is 0 Å². The average Bonchev–Trinajstić information content (AvgIpc) is 2.78. The molecule has 0 aliphatic carbocycles. The van der Waals surface area contributed by atoms with Crippen molar-refractivity contribution in [1.29, 1.82) is 0 Å². The van der Waals surface area contributed by atoms with Crippen LogP contribution in [0.3, 0.4) is 0 Å². The fourth-order valence-electron chi connectivity index (χ4n) is 2.41. The fraction of sp³-hybridized carbons (Fsp3) is 0.188. The van der Waals surface area contributed by atoms with Crippen molar-refractivity contribution in [1.82, 2.24) is 9.38 Å². The third-order valence-corrected chi connectivity index (χ3v) is 3.38. The first-order chi connectivity index (χ1) is 9.69. The molecule has 0 bridgehead atoms. The van der Waals surface area contributed by atoms with Crippen molar-refractivity contribution in [2.24, 2.45) is 5.73 Å². The number of aromatic nitrogens is 2. The SMILES string of the molecule is Cc1ccn2c(CCN)c(-c3ccc(F)cc3)nc2c1. The minimum atomic E-state index is -0.242. The van der Waals surface area contributed by atoms with E-state index in [4.69, 9.17) is 5.73 Å². The van der Waals surface area contributed by atoms with E-state index in [1.165, 1.54) is 12.1 Å². The zero-order valence-electron chi connectivity index (χ0n) is 11.3. The number of hydrogen-bond acceptors (Lipinski definition) is 2. The fourth-order valence-corrected chi connectivity index (χ4v) is 2.41. The molecule has 20 heavy (non-hydrogen) atoms. The standard InChI is InChI=1S/C16H16FN3/c1-11-7-9-20-14(6-8-18)16(19-15(20)10-11)12-2-4-13(17)5-3-12/h2-5,7,9-10H,6,8,18H2,1H3. The molecule has 3 rings (SSSR count). The molecule has 0 spiro atoms. The molecular formula is C16H16FN3. The van der Waals surface area contributed by atoms with Crippen LogP contribution in [-0.4, -0.2) is 15.9 Å². The minimum Gasteiger partial charge on any atom is -0.330 e. The molecule has 0 aliphatic rings. The van der Waals surface area contributed by atoms with Crippen LogP contribution in [0.1, 0.15) is 11.3 Å². The Labute approximate surface area is 116 Å². The van der Waals surface area contributed by atoms with Crippen LogP contribution in [0.25, 0.3) is 16.9 Å². The Morgan fingerprint density at radius 2 is 1.95 bits per heavy atom. The van der Waals surface area contributed by atoms with Crippen molar-refractivity contribution in [3.8, 4) is 11.3 Å². The number of pyridine rings is 1. The summed E-state index contributed by atoms with van der Waals surface area (Å²) in [4.78, 5) is 4.68. The normalized spacial score (nSPS) is 11.2. The summed E-state index contributed by atoms with van der Waals surface area (Å²) in [7, 11) is 0. The van der Waals surface area contributed by atoms with Gasteiger partial charge in [0.1, 0.15) is 11.5 Å². The Bertz CT molecular complexity index is 744. The number of nitrogens with zero attached hydrogens (tertiary/aromatic N) is 2. The lowest BCUT2D eigenvalue weighted by atomic mass is 10.1. The predicted molar refractivity (Wildman–Crippen MR) is 78.1 cm³/mol. The molecule has 2 N–H and O–H groups in total. The smallest absolute Gasteiger partial charge is 0.137 e. The van der Waals surface area contributed by atoms with Gasteiger partial charge >= 0.3 is 0 Å². The van der Waals surface area contributed by atoms with Crippen molar-refractivity contribution in [3.05, 3.63) is 59.7 Å². The van der Waals surface area contributed by atoms with E-state index in [0.717, 1.165) is 34.6 Å². The molecule has 0 saturated carbocycles. The van der Waals surface area contributed by atoms with E-state index in [0.29, 0.717) is 6.54 Å². The van der Waals surface area contributed by atoms with Crippen LogP contribution in [0.5, 0.6) is 0 Å². The second-order valence-electron chi connectivity index (χ2n) is 4.88. The molecule has 0 fully saturated rings. The second kappa shape index (κ2) is 5.06. The monoisotopic (exact) mass is 269 g/mol. The first kappa shape index (κ1) is 12.8. The summed E-state index contributed by atoms with van der Waals surface area (Å²) in [6, 6.07) is 10.5. The summed E-state index contributed by atoms with van der Waals surface area (Å²) in [5.74, 6) is -0.242. The van der Waals surface area contributed by atoms with Crippen molar-refractivity contribution in [2.75, 3.05) is 6.54 Å². The van der Waals surface area contributed by atoms with Crippen LogP contribution in [0, 0.1) is 12.7 Å². The molecule has 0 aliphatic heterocycles. The van der Waals surface area contributed by atoms with Gasteiger partial charge in [-0.15, -0.1) is 0 Å². The number of benzene rings is 1. The van der Waals surface area contributed by atoms with E-state index >= 15 is 0 Å². The van der Waals surface area contributed by atoms with Gasteiger partial charge < -0.3 is 10.1 Å². The minimum absolute atomic E-state index is 0.242. The number of halogens is 1. The van der Waals surface area contributed by atoms with Crippen LogP contribution in [0.4, 0.5) is 4.39 Å². The highest BCUT2D eigenvalue weighted by molar-refractivity contribution is 5.67. The van der Waals surface area contributed by atoms with E-state index in [1.807, 2.05) is 25.3 Å².